The molecule has 0 spiro atoms. The van der Waals surface area contributed by atoms with Gasteiger partial charge in [0.2, 0.25) is 0 Å². The first-order valence-electron chi connectivity index (χ1n) is 11.3. The molecule has 0 N–H and O–H groups in total. The molecule has 2 fully saturated rings. The predicted molar refractivity (Wildman–Crippen MR) is 111 cm³/mol. The van der Waals surface area contributed by atoms with Crippen LogP contribution in [0.15, 0.2) is 18.2 Å². The zero-order valence-electron chi connectivity index (χ0n) is 17.7. The first kappa shape index (κ1) is 22.4. The van der Waals surface area contributed by atoms with E-state index in [0.717, 1.165) is 30.6 Å². The summed E-state index contributed by atoms with van der Waals surface area (Å²) in [5.41, 5.74) is -1.16. The Bertz CT molecular complexity index is 688. The van der Waals surface area contributed by atoms with Gasteiger partial charge in [0.05, 0.1) is 5.56 Å². The van der Waals surface area contributed by atoms with E-state index in [0.29, 0.717) is 5.92 Å². The van der Waals surface area contributed by atoms with Crippen LogP contribution in [-0.4, -0.2) is 0 Å². The lowest BCUT2D eigenvalue weighted by molar-refractivity contribution is -0.140. The van der Waals surface area contributed by atoms with Crippen molar-refractivity contribution in [1.82, 2.24) is 0 Å². The molecule has 162 valence electrons. The van der Waals surface area contributed by atoms with E-state index in [1.807, 2.05) is 6.08 Å². The molecule has 0 saturated heterocycles. The van der Waals surface area contributed by atoms with E-state index < -0.39 is 17.6 Å². The minimum Gasteiger partial charge on any atom is -0.206 e. The van der Waals surface area contributed by atoms with E-state index in [1.165, 1.54) is 76.5 Å². The molecule has 4 heteroatoms. The smallest absolute Gasteiger partial charge is 0.206 e. The molecule has 29 heavy (non-hydrogen) atoms. The number of benzene rings is 1. The molecule has 1 aromatic rings. The number of allylic oxidation sites excluding steroid dienone is 1. The molecule has 0 aliphatic heterocycles. The van der Waals surface area contributed by atoms with Gasteiger partial charge in [0.15, 0.2) is 0 Å². The van der Waals surface area contributed by atoms with Crippen molar-refractivity contribution in [3.05, 3.63) is 40.7 Å². The van der Waals surface area contributed by atoms with Crippen LogP contribution in [-0.2, 0) is 6.18 Å². The van der Waals surface area contributed by atoms with Crippen molar-refractivity contribution in [2.24, 2.45) is 23.7 Å². The van der Waals surface area contributed by atoms with Crippen LogP contribution >= 0.6 is 0 Å². The van der Waals surface area contributed by atoms with Crippen LogP contribution in [0.2, 0.25) is 0 Å². The number of aryl methyl sites for hydroxylation is 1. The first-order valence-corrected chi connectivity index (χ1v) is 11.3. The van der Waals surface area contributed by atoms with Crippen LogP contribution in [0.1, 0.15) is 87.8 Å². The predicted octanol–water partition coefficient (Wildman–Crippen LogP) is 8.58. The average molecular weight is 411 g/mol. The third kappa shape index (κ3) is 5.64. The summed E-state index contributed by atoms with van der Waals surface area (Å²) in [4.78, 5) is 0. The van der Waals surface area contributed by atoms with Crippen molar-refractivity contribution in [3.63, 3.8) is 0 Å². The average Bonchev–Trinajstić information content (AvgIpc) is 2.69. The topological polar surface area (TPSA) is 0 Å². The van der Waals surface area contributed by atoms with Crippen LogP contribution in [0.25, 0.3) is 6.08 Å². The van der Waals surface area contributed by atoms with Crippen LogP contribution in [0, 0.1) is 36.4 Å². The molecule has 2 aliphatic carbocycles. The van der Waals surface area contributed by atoms with Crippen molar-refractivity contribution < 1.29 is 17.6 Å². The van der Waals surface area contributed by atoms with Gasteiger partial charge in [0.1, 0.15) is 5.82 Å². The minimum atomic E-state index is -4.68. The zero-order chi connectivity index (χ0) is 21.0. The fraction of sp³-hybridized carbons (Fsp3) is 0.680. The highest BCUT2D eigenvalue weighted by Gasteiger charge is 2.37. The van der Waals surface area contributed by atoms with E-state index in [4.69, 9.17) is 0 Å². The Morgan fingerprint density at radius 2 is 1.52 bits per heavy atom. The van der Waals surface area contributed by atoms with Crippen molar-refractivity contribution >= 4 is 6.08 Å². The SMILES string of the molecule is CCCC1CCC(C2CCC(C=Cc3ccc(C)c(F)c3C(F)(F)F)CC2)CC1. The maximum absolute atomic E-state index is 14.1. The fourth-order valence-corrected chi connectivity index (χ4v) is 5.53. The molecular weight excluding hydrogens is 376 g/mol. The standard InChI is InChI=1S/C25H34F4/c1-3-4-18-6-12-20(13-7-18)21-14-8-19(9-15-21)10-16-22-11-5-17(2)24(26)23(22)25(27,28)29/h5,10-11,16,18-21H,3-4,6-9,12-15H2,1-2H3. The summed E-state index contributed by atoms with van der Waals surface area (Å²) in [5, 5.41) is 0. The Morgan fingerprint density at radius 3 is 2.07 bits per heavy atom. The summed E-state index contributed by atoms with van der Waals surface area (Å²) in [7, 11) is 0. The highest BCUT2D eigenvalue weighted by molar-refractivity contribution is 5.56. The van der Waals surface area contributed by atoms with Gasteiger partial charge in [-0.25, -0.2) is 4.39 Å². The van der Waals surface area contributed by atoms with Crippen LogP contribution in [0.5, 0.6) is 0 Å². The Morgan fingerprint density at radius 1 is 0.931 bits per heavy atom. The molecule has 0 amide bonds. The van der Waals surface area contributed by atoms with Gasteiger partial charge < -0.3 is 0 Å². The summed E-state index contributed by atoms with van der Waals surface area (Å²) in [6, 6.07) is 2.81. The van der Waals surface area contributed by atoms with Crippen molar-refractivity contribution in [2.75, 3.05) is 0 Å². The molecule has 0 aromatic heterocycles. The lowest BCUT2D eigenvalue weighted by Crippen LogP contribution is -2.25. The van der Waals surface area contributed by atoms with Gasteiger partial charge in [-0.3, -0.25) is 0 Å². The van der Waals surface area contributed by atoms with Gasteiger partial charge >= 0.3 is 6.18 Å². The molecule has 0 bridgehead atoms. The van der Waals surface area contributed by atoms with Gasteiger partial charge in [-0.15, -0.1) is 0 Å². The molecule has 0 atom stereocenters. The Kier molecular flexibility index (Phi) is 7.45. The number of rotatable bonds is 5. The summed E-state index contributed by atoms with van der Waals surface area (Å²) >= 11 is 0. The number of hydrogen-bond donors (Lipinski definition) is 0. The Balaban J connectivity index is 1.56. The normalized spacial score (nSPS) is 28.8. The second kappa shape index (κ2) is 9.66. The summed E-state index contributed by atoms with van der Waals surface area (Å²) in [6.45, 7) is 3.64. The van der Waals surface area contributed by atoms with E-state index in [2.05, 4.69) is 6.92 Å². The molecule has 1 aromatic carbocycles. The van der Waals surface area contributed by atoms with Crippen molar-refractivity contribution in [2.45, 2.75) is 84.2 Å². The van der Waals surface area contributed by atoms with Gasteiger partial charge in [-0.2, -0.15) is 13.2 Å². The second-order valence-corrected chi connectivity index (χ2v) is 9.26. The van der Waals surface area contributed by atoms with Gasteiger partial charge in [0, 0.05) is 0 Å². The lowest BCUT2D eigenvalue weighted by Gasteiger charge is -2.37. The monoisotopic (exact) mass is 410 g/mol. The van der Waals surface area contributed by atoms with E-state index >= 15 is 0 Å². The van der Waals surface area contributed by atoms with E-state index in [-0.39, 0.29) is 11.1 Å². The van der Waals surface area contributed by atoms with E-state index in [9.17, 15) is 17.6 Å². The highest BCUT2D eigenvalue weighted by atomic mass is 19.4. The molecule has 0 nitrogen and oxygen atoms in total. The largest absolute Gasteiger partial charge is 0.419 e. The fourth-order valence-electron chi connectivity index (χ4n) is 5.53. The third-order valence-corrected chi connectivity index (χ3v) is 7.27. The number of hydrogen-bond acceptors (Lipinski definition) is 0. The maximum atomic E-state index is 14.1. The summed E-state index contributed by atoms with van der Waals surface area (Å²) in [5.74, 6) is 1.70. The van der Waals surface area contributed by atoms with Crippen LogP contribution in [0.4, 0.5) is 17.6 Å². The van der Waals surface area contributed by atoms with Crippen LogP contribution in [0.3, 0.4) is 0 Å². The van der Waals surface area contributed by atoms with Gasteiger partial charge in [0.25, 0.3) is 0 Å². The first-order chi connectivity index (χ1) is 13.8. The number of alkyl halides is 3. The summed E-state index contributed by atoms with van der Waals surface area (Å²) in [6.07, 6.45) is 11.2. The maximum Gasteiger partial charge on any atom is 0.419 e. The Labute approximate surface area is 172 Å². The molecule has 0 radical (unpaired) electrons. The Hall–Kier alpha value is -1.32. The van der Waals surface area contributed by atoms with Crippen LogP contribution < -0.4 is 0 Å². The molecule has 3 rings (SSSR count). The van der Waals surface area contributed by atoms with Crippen molar-refractivity contribution in [1.29, 1.82) is 0 Å². The molecule has 0 unspecified atom stereocenters. The number of halogens is 4. The highest BCUT2D eigenvalue weighted by Crippen LogP contribution is 2.43. The van der Waals surface area contributed by atoms with Gasteiger partial charge in [-0.05, 0) is 80.2 Å². The summed E-state index contributed by atoms with van der Waals surface area (Å²) < 4.78 is 54.0. The quantitative estimate of drug-likeness (QED) is 0.426. The van der Waals surface area contributed by atoms with Gasteiger partial charge in [-0.1, -0.05) is 56.9 Å². The van der Waals surface area contributed by atoms with E-state index in [1.54, 1.807) is 0 Å². The zero-order valence-corrected chi connectivity index (χ0v) is 17.7. The molecule has 2 saturated carbocycles. The molecular formula is C25H34F4. The second-order valence-electron chi connectivity index (χ2n) is 9.26. The third-order valence-electron chi connectivity index (χ3n) is 7.27. The molecule has 0 heterocycles. The minimum absolute atomic E-state index is 0.0311. The lowest BCUT2D eigenvalue weighted by atomic mass is 9.68. The van der Waals surface area contributed by atoms with Crippen molar-refractivity contribution in [3.8, 4) is 0 Å². The molecule has 2 aliphatic rings.